The highest BCUT2D eigenvalue weighted by molar-refractivity contribution is 7.99. The van der Waals surface area contributed by atoms with Crippen molar-refractivity contribution in [2.75, 3.05) is 6.26 Å². The Kier molecular flexibility index (Phi) is 4.62. The lowest BCUT2D eigenvalue weighted by molar-refractivity contribution is 0.531. The van der Waals surface area contributed by atoms with Crippen LogP contribution >= 0.6 is 11.8 Å². The molecule has 1 saturated carbocycles. The molecule has 1 N–H and O–H groups in total. The van der Waals surface area contributed by atoms with E-state index >= 15 is 0 Å². The Morgan fingerprint density at radius 2 is 2.33 bits per heavy atom. The minimum Gasteiger partial charge on any atom is -0.309 e. The Bertz CT molecular complexity index is 456. The fourth-order valence-electron chi connectivity index (χ4n) is 2.46. The average molecular weight is 264 g/mol. The lowest BCUT2D eigenvalue weighted by Crippen LogP contribution is -2.33. The van der Waals surface area contributed by atoms with Crippen molar-refractivity contribution in [3.63, 3.8) is 0 Å². The summed E-state index contributed by atoms with van der Waals surface area (Å²) in [6, 6.07) is 7.16. The summed E-state index contributed by atoms with van der Waals surface area (Å²) in [5, 5.41) is 13.0. The van der Waals surface area contributed by atoms with Gasteiger partial charge in [0.05, 0.1) is 5.56 Å². The molecule has 0 heterocycles. The fraction of sp³-hybridized carbons (Fsp3) is 0.500. The summed E-state index contributed by atoms with van der Waals surface area (Å²) in [4.78, 5) is 0. The molecule has 0 radical (unpaired) electrons. The topological polar surface area (TPSA) is 35.8 Å². The molecule has 1 aliphatic carbocycles. The van der Waals surface area contributed by atoms with Gasteiger partial charge in [-0.05, 0) is 36.8 Å². The molecular weight excluding hydrogens is 247 g/mol. The first-order valence-electron chi connectivity index (χ1n) is 6.19. The predicted molar refractivity (Wildman–Crippen MR) is 72.9 cm³/mol. The monoisotopic (exact) mass is 264 g/mol. The van der Waals surface area contributed by atoms with Gasteiger partial charge in [0.25, 0.3) is 0 Å². The summed E-state index contributed by atoms with van der Waals surface area (Å²) in [6.45, 7) is 0.705. The lowest BCUT2D eigenvalue weighted by atomic mass is 10.1. The van der Waals surface area contributed by atoms with Crippen LogP contribution in [0, 0.1) is 17.1 Å². The molecule has 0 aromatic heterocycles. The van der Waals surface area contributed by atoms with E-state index < -0.39 is 5.82 Å². The van der Waals surface area contributed by atoms with Gasteiger partial charge in [0.2, 0.25) is 0 Å². The zero-order chi connectivity index (χ0) is 13.0. The number of hydrogen-bond donors (Lipinski definition) is 1. The normalized spacial score (nSPS) is 22.9. The van der Waals surface area contributed by atoms with E-state index in [9.17, 15) is 4.39 Å². The summed E-state index contributed by atoms with van der Waals surface area (Å²) in [7, 11) is 0. The lowest BCUT2D eigenvalue weighted by Gasteiger charge is -2.19. The Morgan fingerprint density at radius 1 is 1.50 bits per heavy atom. The third-order valence-electron chi connectivity index (χ3n) is 3.47. The van der Waals surface area contributed by atoms with Crippen molar-refractivity contribution < 1.29 is 4.39 Å². The van der Waals surface area contributed by atoms with Crippen LogP contribution in [-0.2, 0) is 6.54 Å². The van der Waals surface area contributed by atoms with Crippen molar-refractivity contribution in [2.45, 2.75) is 37.1 Å². The van der Waals surface area contributed by atoms with Gasteiger partial charge in [-0.15, -0.1) is 0 Å². The molecular formula is C14H17FN2S. The number of nitriles is 1. The molecule has 2 rings (SSSR count). The largest absolute Gasteiger partial charge is 0.309 e. The highest BCUT2D eigenvalue weighted by atomic mass is 32.2. The van der Waals surface area contributed by atoms with Gasteiger partial charge in [0.1, 0.15) is 11.9 Å². The molecule has 1 aromatic rings. The van der Waals surface area contributed by atoms with Gasteiger partial charge >= 0.3 is 0 Å². The van der Waals surface area contributed by atoms with E-state index in [-0.39, 0.29) is 5.56 Å². The molecule has 4 heteroatoms. The van der Waals surface area contributed by atoms with Gasteiger partial charge < -0.3 is 5.32 Å². The summed E-state index contributed by atoms with van der Waals surface area (Å²) in [5.74, 6) is -0.441. The van der Waals surface area contributed by atoms with Crippen LogP contribution in [0.2, 0.25) is 0 Å². The molecule has 18 heavy (non-hydrogen) atoms. The van der Waals surface area contributed by atoms with Crippen molar-refractivity contribution in [1.29, 1.82) is 5.26 Å². The number of thioether (sulfide) groups is 1. The second kappa shape index (κ2) is 6.21. The molecule has 0 saturated heterocycles. The maximum atomic E-state index is 13.2. The Labute approximate surface area is 112 Å². The van der Waals surface area contributed by atoms with Crippen LogP contribution in [-0.4, -0.2) is 17.5 Å². The van der Waals surface area contributed by atoms with Crippen LogP contribution in [0.15, 0.2) is 18.2 Å². The number of nitrogens with one attached hydrogen (secondary N) is 1. The summed E-state index contributed by atoms with van der Waals surface area (Å²) >= 11 is 1.91. The van der Waals surface area contributed by atoms with Crippen LogP contribution in [0.1, 0.15) is 30.4 Å². The van der Waals surface area contributed by atoms with Gasteiger partial charge in [0.15, 0.2) is 0 Å². The quantitative estimate of drug-likeness (QED) is 0.908. The highest BCUT2D eigenvalue weighted by Crippen LogP contribution is 2.28. The second-order valence-corrected chi connectivity index (χ2v) is 5.70. The highest BCUT2D eigenvalue weighted by Gasteiger charge is 2.25. The van der Waals surface area contributed by atoms with Crippen molar-refractivity contribution >= 4 is 11.8 Å². The predicted octanol–water partition coefficient (Wildman–Crippen LogP) is 3.07. The fourth-order valence-corrected chi connectivity index (χ4v) is 3.42. The first-order chi connectivity index (χ1) is 8.74. The van der Waals surface area contributed by atoms with Crippen LogP contribution in [0.4, 0.5) is 4.39 Å². The van der Waals surface area contributed by atoms with Gasteiger partial charge in [-0.2, -0.15) is 17.0 Å². The molecule has 2 unspecified atom stereocenters. The van der Waals surface area contributed by atoms with E-state index in [1.807, 2.05) is 17.8 Å². The van der Waals surface area contributed by atoms with E-state index in [2.05, 4.69) is 11.6 Å². The minimum atomic E-state index is -0.441. The standard InChI is InChI=1S/C14H17FN2S/c1-18-14-4-2-3-13(14)17-9-10-5-6-12(15)11(7-10)8-16/h5-7,13-14,17H,2-4,9H2,1H3. The zero-order valence-corrected chi connectivity index (χ0v) is 11.3. The van der Waals surface area contributed by atoms with Gasteiger partial charge in [0, 0.05) is 17.8 Å². The Balaban J connectivity index is 1.96. The SMILES string of the molecule is CSC1CCCC1NCc1ccc(F)c(C#N)c1. The first kappa shape index (κ1) is 13.4. The van der Waals surface area contributed by atoms with E-state index in [0.717, 1.165) is 5.56 Å². The van der Waals surface area contributed by atoms with Crippen molar-refractivity contribution in [2.24, 2.45) is 0 Å². The number of rotatable bonds is 4. The van der Waals surface area contributed by atoms with Crippen molar-refractivity contribution in [1.82, 2.24) is 5.32 Å². The van der Waals surface area contributed by atoms with Crippen LogP contribution in [0.25, 0.3) is 0 Å². The van der Waals surface area contributed by atoms with Crippen molar-refractivity contribution in [3.05, 3.63) is 35.1 Å². The molecule has 1 aromatic carbocycles. The van der Waals surface area contributed by atoms with Gasteiger partial charge in [-0.25, -0.2) is 4.39 Å². The van der Waals surface area contributed by atoms with E-state index in [1.165, 1.54) is 25.3 Å². The van der Waals surface area contributed by atoms with E-state index in [1.54, 1.807) is 12.1 Å². The van der Waals surface area contributed by atoms with Gasteiger partial charge in [-0.1, -0.05) is 12.5 Å². The van der Waals surface area contributed by atoms with E-state index in [4.69, 9.17) is 5.26 Å². The third kappa shape index (κ3) is 3.04. The average Bonchev–Trinajstić information content (AvgIpc) is 2.85. The zero-order valence-electron chi connectivity index (χ0n) is 10.4. The smallest absolute Gasteiger partial charge is 0.140 e. The van der Waals surface area contributed by atoms with Crippen molar-refractivity contribution in [3.8, 4) is 6.07 Å². The van der Waals surface area contributed by atoms with Gasteiger partial charge in [-0.3, -0.25) is 0 Å². The molecule has 0 spiro atoms. The molecule has 0 bridgehead atoms. The molecule has 2 nitrogen and oxygen atoms in total. The first-order valence-corrected chi connectivity index (χ1v) is 7.48. The molecule has 1 aliphatic rings. The van der Waals surface area contributed by atoms with Crippen LogP contribution < -0.4 is 5.32 Å². The Morgan fingerprint density at radius 3 is 3.06 bits per heavy atom. The van der Waals surface area contributed by atoms with Crippen LogP contribution in [0.3, 0.4) is 0 Å². The van der Waals surface area contributed by atoms with E-state index in [0.29, 0.717) is 17.8 Å². The third-order valence-corrected chi connectivity index (χ3v) is 4.64. The second-order valence-electron chi connectivity index (χ2n) is 4.62. The summed E-state index contributed by atoms with van der Waals surface area (Å²) < 4.78 is 13.2. The molecule has 1 fully saturated rings. The summed E-state index contributed by atoms with van der Waals surface area (Å²) in [6.07, 6.45) is 5.90. The molecule has 0 aliphatic heterocycles. The number of benzene rings is 1. The minimum absolute atomic E-state index is 0.127. The number of hydrogen-bond acceptors (Lipinski definition) is 3. The molecule has 96 valence electrons. The Hall–Kier alpha value is -1.05. The van der Waals surface area contributed by atoms with Crippen LogP contribution in [0.5, 0.6) is 0 Å². The maximum Gasteiger partial charge on any atom is 0.140 e. The number of halogens is 1. The maximum absolute atomic E-state index is 13.2. The summed E-state index contributed by atoms with van der Waals surface area (Å²) in [5.41, 5.74) is 1.10. The molecule has 2 atom stereocenters. The molecule has 0 amide bonds. The number of nitrogens with zero attached hydrogens (tertiary/aromatic N) is 1.